The number of hydrogen-bond donors (Lipinski definition) is 1. The highest BCUT2D eigenvalue weighted by atomic mass is 32.1. The third-order valence-corrected chi connectivity index (χ3v) is 2.91. The van der Waals surface area contributed by atoms with E-state index in [1.807, 2.05) is 0 Å². The van der Waals surface area contributed by atoms with Crippen LogP contribution in [0.25, 0.3) is 0 Å². The number of hydrogen-bond acceptors (Lipinski definition) is 2. The van der Waals surface area contributed by atoms with Gasteiger partial charge in [0.2, 0.25) is 0 Å². The van der Waals surface area contributed by atoms with Crippen LogP contribution >= 0.6 is 12.6 Å². The summed E-state index contributed by atoms with van der Waals surface area (Å²) < 4.78 is 0. The van der Waals surface area contributed by atoms with Crippen molar-refractivity contribution in [2.45, 2.75) is 37.0 Å². The lowest BCUT2D eigenvalue weighted by Gasteiger charge is -2.30. The van der Waals surface area contributed by atoms with Crippen molar-refractivity contribution in [3.63, 3.8) is 0 Å². The minimum atomic E-state index is 0.677. The Kier molecular flexibility index (Phi) is 3.05. The lowest BCUT2D eigenvalue weighted by molar-refractivity contribution is 0.232. The zero-order valence-corrected chi connectivity index (χ0v) is 7.77. The summed E-state index contributed by atoms with van der Waals surface area (Å²) in [6, 6.07) is 0.823. The molecule has 0 atom stereocenters. The summed E-state index contributed by atoms with van der Waals surface area (Å²) in [7, 11) is 4.34. The quantitative estimate of drug-likeness (QED) is 0.571. The van der Waals surface area contributed by atoms with Crippen LogP contribution in [0.4, 0.5) is 0 Å². The van der Waals surface area contributed by atoms with Crippen molar-refractivity contribution in [3.05, 3.63) is 0 Å². The summed E-state index contributed by atoms with van der Waals surface area (Å²) in [4.78, 5) is 2.33. The third kappa shape index (κ3) is 2.17. The van der Waals surface area contributed by atoms with E-state index in [0.29, 0.717) is 5.25 Å². The molecule has 1 fully saturated rings. The highest BCUT2D eigenvalue weighted by Gasteiger charge is 2.19. The zero-order chi connectivity index (χ0) is 7.56. The largest absolute Gasteiger partial charge is 0.306 e. The highest BCUT2D eigenvalue weighted by Crippen LogP contribution is 2.24. The van der Waals surface area contributed by atoms with E-state index < -0.39 is 0 Å². The standard InChI is InChI=1S/C8H17NS/c1-9(2)7-3-5-8(10)6-4-7/h7-8,10H,3-6H2,1-2H3. The van der Waals surface area contributed by atoms with Gasteiger partial charge in [0.15, 0.2) is 0 Å². The van der Waals surface area contributed by atoms with E-state index in [2.05, 4.69) is 31.6 Å². The van der Waals surface area contributed by atoms with Gasteiger partial charge in [-0.05, 0) is 39.8 Å². The molecule has 2 heteroatoms. The van der Waals surface area contributed by atoms with Crippen LogP contribution in [0.3, 0.4) is 0 Å². The predicted octanol–water partition coefficient (Wildman–Crippen LogP) is 1.79. The van der Waals surface area contributed by atoms with Crippen molar-refractivity contribution >= 4 is 12.6 Å². The monoisotopic (exact) mass is 159 g/mol. The van der Waals surface area contributed by atoms with Crippen LogP contribution in [0.15, 0.2) is 0 Å². The fourth-order valence-electron chi connectivity index (χ4n) is 1.57. The molecule has 0 aliphatic heterocycles. The summed E-state index contributed by atoms with van der Waals surface area (Å²) >= 11 is 4.45. The summed E-state index contributed by atoms with van der Waals surface area (Å²) in [5, 5.41) is 0.677. The number of nitrogens with zero attached hydrogens (tertiary/aromatic N) is 1. The molecule has 0 N–H and O–H groups in total. The molecule has 1 saturated carbocycles. The van der Waals surface area contributed by atoms with Gasteiger partial charge in [0.25, 0.3) is 0 Å². The lowest BCUT2D eigenvalue weighted by atomic mass is 9.94. The second-order valence-electron chi connectivity index (χ2n) is 3.43. The SMILES string of the molecule is CN(C)C1CCC(S)CC1. The second-order valence-corrected chi connectivity index (χ2v) is 4.16. The Hall–Kier alpha value is 0.310. The first-order valence-electron chi connectivity index (χ1n) is 4.04. The average molecular weight is 159 g/mol. The van der Waals surface area contributed by atoms with Gasteiger partial charge in [-0.15, -0.1) is 0 Å². The molecule has 0 radical (unpaired) electrons. The molecule has 0 aromatic heterocycles. The van der Waals surface area contributed by atoms with E-state index in [1.54, 1.807) is 0 Å². The van der Waals surface area contributed by atoms with Gasteiger partial charge in [-0.2, -0.15) is 12.6 Å². The second kappa shape index (κ2) is 3.63. The zero-order valence-electron chi connectivity index (χ0n) is 6.88. The Balaban J connectivity index is 2.26. The topological polar surface area (TPSA) is 3.24 Å². The highest BCUT2D eigenvalue weighted by molar-refractivity contribution is 7.80. The molecule has 1 aliphatic carbocycles. The molecule has 0 saturated heterocycles. The Bertz CT molecular complexity index is 95.4. The molecular weight excluding hydrogens is 142 g/mol. The molecular formula is C8H17NS. The van der Waals surface area contributed by atoms with Gasteiger partial charge in [-0.25, -0.2) is 0 Å². The molecule has 0 amide bonds. The van der Waals surface area contributed by atoms with E-state index in [-0.39, 0.29) is 0 Å². The minimum Gasteiger partial charge on any atom is -0.306 e. The maximum atomic E-state index is 4.45. The van der Waals surface area contributed by atoms with Crippen molar-refractivity contribution in [2.24, 2.45) is 0 Å². The van der Waals surface area contributed by atoms with Crippen molar-refractivity contribution in [1.29, 1.82) is 0 Å². The Morgan fingerprint density at radius 3 is 2.00 bits per heavy atom. The first-order chi connectivity index (χ1) is 4.70. The predicted molar refractivity (Wildman–Crippen MR) is 48.7 cm³/mol. The Morgan fingerprint density at radius 1 is 1.10 bits per heavy atom. The molecule has 0 spiro atoms. The maximum absolute atomic E-state index is 4.45. The van der Waals surface area contributed by atoms with E-state index in [4.69, 9.17) is 0 Å². The van der Waals surface area contributed by atoms with Crippen molar-refractivity contribution in [1.82, 2.24) is 4.90 Å². The fraction of sp³-hybridized carbons (Fsp3) is 1.00. The van der Waals surface area contributed by atoms with Gasteiger partial charge in [0.1, 0.15) is 0 Å². The van der Waals surface area contributed by atoms with Gasteiger partial charge in [-0.3, -0.25) is 0 Å². The summed E-state index contributed by atoms with van der Waals surface area (Å²) in [5.41, 5.74) is 0. The van der Waals surface area contributed by atoms with Gasteiger partial charge in [0, 0.05) is 11.3 Å². The summed E-state index contributed by atoms with van der Waals surface area (Å²) in [6.45, 7) is 0. The Labute approximate surface area is 69.2 Å². The fourth-order valence-corrected chi connectivity index (χ4v) is 1.87. The first kappa shape index (κ1) is 8.41. The van der Waals surface area contributed by atoms with Crippen LogP contribution in [-0.4, -0.2) is 30.3 Å². The van der Waals surface area contributed by atoms with Gasteiger partial charge in [-0.1, -0.05) is 0 Å². The molecule has 10 heavy (non-hydrogen) atoms. The van der Waals surface area contributed by atoms with Gasteiger partial charge in [0.05, 0.1) is 0 Å². The molecule has 0 heterocycles. The molecule has 1 nitrogen and oxygen atoms in total. The van der Waals surface area contributed by atoms with Crippen molar-refractivity contribution < 1.29 is 0 Å². The van der Waals surface area contributed by atoms with Crippen LogP contribution in [-0.2, 0) is 0 Å². The summed E-state index contributed by atoms with van der Waals surface area (Å²) in [6.07, 6.45) is 5.26. The molecule has 0 unspecified atom stereocenters. The van der Waals surface area contributed by atoms with Crippen LogP contribution < -0.4 is 0 Å². The van der Waals surface area contributed by atoms with Crippen molar-refractivity contribution in [3.8, 4) is 0 Å². The van der Waals surface area contributed by atoms with Gasteiger partial charge < -0.3 is 4.90 Å². The van der Waals surface area contributed by atoms with Gasteiger partial charge >= 0.3 is 0 Å². The average Bonchev–Trinajstić information content (AvgIpc) is 1.88. The van der Waals surface area contributed by atoms with Crippen LogP contribution in [0.1, 0.15) is 25.7 Å². The number of rotatable bonds is 1. The summed E-state index contributed by atoms with van der Waals surface area (Å²) in [5.74, 6) is 0. The molecule has 60 valence electrons. The molecule has 0 bridgehead atoms. The molecule has 1 aliphatic rings. The van der Waals surface area contributed by atoms with E-state index >= 15 is 0 Å². The minimum absolute atomic E-state index is 0.677. The normalized spacial score (nSPS) is 34.8. The van der Waals surface area contributed by atoms with Crippen LogP contribution in [0.5, 0.6) is 0 Å². The molecule has 1 rings (SSSR count). The number of thiol groups is 1. The molecule has 0 aromatic carbocycles. The van der Waals surface area contributed by atoms with Crippen molar-refractivity contribution in [2.75, 3.05) is 14.1 Å². The van der Waals surface area contributed by atoms with E-state index in [9.17, 15) is 0 Å². The third-order valence-electron chi connectivity index (χ3n) is 2.40. The van der Waals surface area contributed by atoms with Crippen LogP contribution in [0.2, 0.25) is 0 Å². The lowest BCUT2D eigenvalue weighted by Crippen LogP contribution is -2.32. The van der Waals surface area contributed by atoms with E-state index in [1.165, 1.54) is 25.7 Å². The van der Waals surface area contributed by atoms with Crippen LogP contribution in [0, 0.1) is 0 Å². The molecule has 0 aromatic rings. The van der Waals surface area contributed by atoms with E-state index in [0.717, 1.165) is 6.04 Å². The Morgan fingerprint density at radius 2 is 1.60 bits per heavy atom. The first-order valence-corrected chi connectivity index (χ1v) is 4.56. The smallest absolute Gasteiger partial charge is 0.00899 e. The maximum Gasteiger partial charge on any atom is 0.00899 e.